The Hall–Kier alpha value is -3.01. The first kappa shape index (κ1) is 17.8. The summed E-state index contributed by atoms with van der Waals surface area (Å²) in [6, 6.07) is 4.21. The van der Waals surface area contributed by atoms with Gasteiger partial charge in [-0.15, -0.1) is 5.10 Å². The summed E-state index contributed by atoms with van der Waals surface area (Å²) in [5.41, 5.74) is 0.783. The van der Waals surface area contributed by atoms with Crippen molar-refractivity contribution in [1.82, 2.24) is 20.3 Å². The van der Waals surface area contributed by atoms with Gasteiger partial charge < -0.3 is 15.2 Å². The molecule has 0 saturated carbocycles. The number of hydrogen-bond acceptors (Lipinski definition) is 6. The molecule has 1 aliphatic rings. The van der Waals surface area contributed by atoms with Crippen molar-refractivity contribution in [3.8, 4) is 5.69 Å². The van der Waals surface area contributed by atoms with Crippen molar-refractivity contribution in [2.75, 3.05) is 18.0 Å². The van der Waals surface area contributed by atoms with Crippen LogP contribution in [0.15, 0.2) is 24.4 Å². The maximum atomic E-state index is 14.5. The number of aromatic nitrogens is 3. The minimum Gasteiger partial charge on any atom is -0.442 e. The minimum absolute atomic E-state index is 0.135. The smallest absolute Gasteiger partial charge is 0.414 e. The summed E-state index contributed by atoms with van der Waals surface area (Å²) in [7, 11) is 0. The Morgan fingerprint density at radius 2 is 2.31 bits per heavy atom. The zero-order valence-corrected chi connectivity index (χ0v) is 14.2. The SMILES string of the molecule is CC(=O)NC[C@H]1CN(c2ccc(-n3cc([C@H](C)O)nn3)c(F)c2)C(=O)O1. The third-order valence-corrected chi connectivity index (χ3v) is 3.88. The maximum Gasteiger partial charge on any atom is 0.414 e. The zero-order chi connectivity index (χ0) is 18.8. The number of benzene rings is 1. The lowest BCUT2D eigenvalue weighted by molar-refractivity contribution is -0.119. The summed E-state index contributed by atoms with van der Waals surface area (Å²) in [5.74, 6) is -0.832. The second-order valence-corrected chi connectivity index (χ2v) is 5.95. The molecule has 1 aromatic carbocycles. The zero-order valence-electron chi connectivity index (χ0n) is 14.2. The Morgan fingerprint density at radius 1 is 1.54 bits per heavy atom. The van der Waals surface area contributed by atoms with E-state index in [1.165, 1.54) is 41.8 Å². The Labute approximate surface area is 148 Å². The average Bonchev–Trinajstić information content (AvgIpc) is 3.20. The van der Waals surface area contributed by atoms with Gasteiger partial charge in [-0.2, -0.15) is 0 Å². The number of anilines is 1. The maximum absolute atomic E-state index is 14.5. The molecule has 3 rings (SSSR count). The van der Waals surface area contributed by atoms with Crippen molar-refractivity contribution in [3.05, 3.63) is 35.9 Å². The number of hydrogen-bond donors (Lipinski definition) is 2. The summed E-state index contributed by atoms with van der Waals surface area (Å²) < 4.78 is 20.9. The van der Waals surface area contributed by atoms with Crippen molar-refractivity contribution >= 4 is 17.7 Å². The fourth-order valence-corrected chi connectivity index (χ4v) is 2.53. The van der Waals surface area contributed by atoms with Crippen LogP contribution in [0, 0.1) is 5.82 Å². The molecule has 1 aliphatic heterocycles. The van der Waals surface area contributed by atoms with Gasteiger partial charge in [0.2, 0.25) is 5.91 Å². The highest BCUT2D eigenvalue weighted by molar-refractivity contribution is 5.90. The molecule has 0 spiro atoms. The van der Waals surface area contributed by atoms with Crippen LogP contribution >= 0.6 is 0 Å². The summed E-state index contributed by atoms with van der Waals surface area (Å²) in [6.45, 7) is 3.30. The number of aliphatic hydroxyl groups is 1. The number of carbonyl (C=O) groups is 2. The van der Waals surface area contributed by atoms with Crippen LogP contribution in [0.4, 0.5) is 14.9 Å². The van der Waals surface area contributed by atoms with Crippen LogP contribution in [0.1, 0.15) is 25.6 Å². The summed E-state index contributed by atoms with van der Waals surface area (Å²) in [5, 5.41) is 19.6. The highest BCUT2D eigenvalue weighted by Gasteiger charge is 2.32. The normalized spacial score (nSPS) is 17.9. The van der Waals surface area contributed by atoms with Crippen molar-refractivity contribution in [2.45, 2.75) is 26.1 Å². The molecular formula is C16H18FN5O4. The summed E-state index contributed by atoms with van der Waals surface area (Å²) in [6.07, 6.45) is -0.496. The number of halogens is 1. The second kappa shape index (κ2) is 7.08. The molecule has 0 aliphatic carbocycles. The van der Waals surface area contributed by atoms with Crippen molar-refractivity contribution in [1.29, 1.82) is 0 Å². The van der Waals surface area contributed by atoms with Gasteiger partial charge in [-0.1, -0.05) is 5.21 Å². The van der Waals surface area contributed by atoms with Crippen LogP contribution in [-0.4, -0.2) is 51.3 Å². The van der Waals surface area contributed by atoms with Crippen LogP contribution in [0.2, 0.25) is 0 Å². The van der Waals surface area contributed by atoms with Crippen LogP contribution < -0.4 is 10.2 Å². The number of rotatable bonds is 5. The molecular weight excluding hydrogens is 345 g/mol. The lowest BCUT2D eigenvalue weighted by Crippen LogP contribution is -2.33. The van der Waals surface area contributed by atoms with Gasteiger partial charge in [-0.05, 0) is 25.1 Å². The first-order valence-corrected chi connectivity index (χ1v) is 7.98. The second-order valence-electron chi connectivity index (χ2n) is 5.95. The summed E-state index contributed by atoms with van der Waals surface area (Å²) >= 11 is 0. The first-order chi connectivity index (χ1) is 12.3. The molecule has 1 fully saturated rings. The number of ether oxygens (including phenoxy) is 1. The fraction of sp³-hybridized carbons (Fsp3) is 0.375. The highest BCUT2D eigenvalue weighted by Crippen LogP contribution is 2.25. The van der Waals surface area contributed by atoms with Gasteiger partial charge in [-0.25, -0.2) is 13.9 Å². The topological polar surface area (TPSA) is 110 Å². The molecule has 2 N–H and O–H groups in total. The van der Waals surface area contributed by atoms with Gasteiger partial charge >= 0.3 is 6.09 Å². The van der Waals surface area contributed by atoms with E-state index in [0.29, 0.717) is 11.4 Å². The minimum atomic E-state index is -0.814. The van der Waals surface area contributed by atoms with E-state index in [4.69, 9.17) is 4.74 Å². The largest absolute Gasteiger partial charge is 0.442 e. The lowest BCUT2D eigenvalue weighted by Gasteiger charge is -2.14. The highest BCUT2D eigenvalue weighted by atomic mass is 19.1. The van der Waals surface area contributed by atoms with Crippen LogP contribution in [0.3, 0.4) is 0 Å². The molecule has 9 nitrogen and oxygen atoms in total. The number of cyclic esters (lactones) is 1. The third kappa shape index (κ3) is 3.64. The predicted molar refractivity (Wildman–Crippen MR) is 88.2 cm³/mol. The van der Waals surface area contributed by atoms with Gasteiger partial charge in [0, 0.05) is 6.92 Å². The molecule has 138 valence electrons. The van der Waals surface area contributed by atoms with Gasteiger partial charge in [0.25, 0.3) is 0 Å². The average molecular weight is 363 g/mol. The molecule has 2 amide bonds. The third-order valence-electron chi connectivity index (χ3n) is 3.88. The van der Waals surface area contributed by atoms with E-state index in [1.54, 1.807) is 6.07 Å². The van der Waals surface area contributed by atoms with Gasteiger partial charge in [0.1, 0.15) is 17.5 Å². The number of amides is 2. The molecule has 2 heterocycles. The van der Waals surface area contributed by atoms with Crippen molar-refractivity contribution in [3.63, 3.8) is 0 Å². The predicted octanol–water partition coefficient (Wildman–Crippen LogP) is 0.921. The molecule has 0 bridgehead atoms. The van der Waals surface area contributed by atoms with E-state index in [0.717, 1.165) is 0 Å². The van der Waals surface area contributed by atoms with Crippen LogP contribution in [0.25, 0.3) is 5.69 Å². The number of nitrogens with one attached hydrogen (secondary N) is 1. The van der Waals surface area contributed by atoms with Crippen molar-refractivity contribution < 1.29 is 23.8 Å². The van der Waals surface area contributed by atoms with E-state index in [1.807, 2.05) is 0 Å². The Bertz CT molecular complexity index is 838. The van der Waals surface area contributed by atoms with Crippen molar-refractivity contribution in [2.24, 2.45) is 0 Å². The van der Waals surface area contributed by atoms with E-state index in [9.17, 15) is 19.1 Å². The first-order valence-electron chi connectivity index (χ1n) is 7.98. The monoisotopic (exact) mass is 363 g/mol. The number of carbonyl (C=O) groups excluding carboxylic acids is 2. The van der Waals surface area contributed by atoms with E-state index < -0.39 is 24.1 Å². The molecule has 2 aromatic rings. The van der Waals surface area contributed by atoms with E-state index in [-0.39, 0.29) is 24.7 Å². The molecule has 26 heavy (non-hydrogen) atoms. The van der Waals surface area contributed by atoms with E-state index in [2.05, 4.69) is 15.6 Å². The van der Waals surface area contributed by atoms with Crippen LogP contribution in [0.5, 0.6) is 0 Å². The quantitative estimate of drug-likeness (QED) is 0.818. The number of nitrogens with zero attached hydrogens (tertiary/aromatic N) is 4. The molecule has 1 saturated heterocycles. The fourth-order valence-electron chi connectivity index (χ4n) is 2.53. The Morgan fingerprint density at radius 3 is 2.92 bits per heavy atom. The Kier molecular flexibility index (Phi) is 4.85. The van der Waals surface area contributed by atoms with Gasteiger partial charge in [0.05, 0.1) is 31.1 Å². The van der Waals surface area contributed by atoms with E-state index >= 15 is 0 Å². The number of aliphatic hydroxyl groups excluding tert-OH is 1. The molecule has 1 aromatic heterocycles. The standard InChI is InChI=1S/C16H18FN5O4/c1-9(23)14-8-22(20-19-14)15-4-3-11(5-13(15)17)21-7-12(26-16(21)25)6-18-10(2)24/h3-5,8-9,12,23H,6-7H2,1-2H3,(H,18,24)/t9-,12-/m0/s1. The molecule has 0 radical (unpaired) electrons. The lowest BCUT2D eigenvalue weighted by atomic mass is 10.2. The summed E-state index contributed by atoms with van der Waals surface area (Å²) in [4.78, 5) is 24.2. The van der Waals surface area contributed by atoms with Gasteiger partial charge in [0.15, 0.2) is 5.82 Å². The molecule has 10 heteroatoms. The molecule has 2 atom stereocenters. The Balaban J connectivity index is 1.76. The van der Waals surface area contributed by atoms with Gasteiger partial charge in [-0.3, -0.25) is 9.69 Å². The van der Waals surface area contributed by atoms with Crippen LogP contribution in [-0.2, 0) is 9.53 Å². The molecule has 0 unspecified atom stereocenters.